The van der Waals surface area contributed by atoms with Crippen LogP contribution in [0.15, 0.2) is 85.3 Å². The Morgan fingerprint density at radius 2 is 1.67 bits per heavy atom. The summed E-state index contributed by atoms with van der Waals surface area (Å²) in [5.41, 5.74) is 5.98. The van der Waals surface area contributed by atoms with E-state index in [1.807, 2.05) is 60.7 Å². The van der Waals surface area contributed by atoms with Crippen molar-refractivity contribution in [2.45, 2.75) is 31.7 Å². The van der Waals surface area contributed by atoms with Crippen molar-refractivity contribution in [1.82, 2.24) is 14.9 Å². The van der Waals surface area contributed by atoms with Crippen LogP contribution in [0.4, 0.5) is 4.79 Å². The summed E-state index contributed by atoms with van der Waals surface area (Å²) < 4.78 is 18.2. The third-order valence-electron chi connectivity index (χ3n) is 6.80. The molecule has 1 unspecified atom stereocenters. The number of aliphatic carboxylic acids is 1. The normalized spacial score (nSPS) is 12.8. The Hall–Kier alpha value is -4.63. The predicted molar refractivity (Wildman–Crippen MR) is 143 cm³/mol. The average molecular weight is 528 g/mol. The number of amides is 1. The molecule has 0 spiro atoms. The molecular weight excluding hydrogens is 498 g/mol. The third kappa shape index (κ3) is 5.94. The van der Waals surface area contributed by atoms with E-state index >= 15 is 0 Å². The van der Waals surface area contributed by atoms with Gasteiger partial charge in [0, 0.05) is 24.2 Å². The molecule has 1 aromatic heterocycles. The summed E-state index contributed by atoms with van der Waals surface area (Å²) in [4.78, 5) is 28.8. The van der Waals surface area contributed by atoms with Gasteiger partial charge in [0.1, 0.15) is 25.1 Å². The standard InChI is InChI=1S/C30H29N3O6/c1-37-22-12-10-20(11-13-22)16-38-19-33-18-31-15-21(33)14-28(29(34)35)32-30(36)39-17-27-25-8-4-2-6-23(25)24-7-3-5-9-26(24)27/h2-13,15,18,27-28H,14,16-17,19H2,1H3,(H,32,36)(H,34,35). The van der Waals surface area contributed by atoms with Crippen molar-refractivity contribution in [3.63, 3.8) is 0 Å². The van der Waals surface area contributed by atoms with Crippen molar-refractivity contribution in [3.05, 3.63) is 108 Å². The highest BCUT2D eigenvalue weighted by atomic mass is 16.5. The number of nitrogens with zero attached hydrogens (tertiary/aromatic N) is 2. The first-order valence-corrected chi connectivity index (χ1v) is 12.6. The zero-order valence-corrected chi connectivity index (χ0v) is 21.4. The highest BCUT2D eigenvalue weighted by Gasteiger charge is 2.30. The number of methoxy groups -OCH3 is 1. The van der Waals surface area contributed by atoms with Crippen LogP contribution in [-0.2, 0) is 34.0 Å². The predicted octanol–water partition coefficient (Wildman–Crippen LogP) is 4.60. The number of alkyl carbamates (subject to hydrolysis) is 1. The van der Waals surface area contributed by atoms with Gasteiger partial charge in [-0.1, -0.05) is 60.7 Å². The van der Waals surface area contributed by atoms with E-state index in [0.29, 0.717) is 12.3 Å². The molecule has 4 aromatic rings. The van der Waals surface area contributed by atoms with Crippen LogP contribution < -0.4 is 10.1 Å². The molecule has 0 bridgehead atoms. The van der Waals surface area contributed by atoms with Gasteiger partial charge in [0.25, 0.3) is 0 Å². The molecule has 3 aromatic carbocycles. The first kappa shape index (κ1) is 26.0. The number of hydrogen-bond donors (Lipinski definition) is 2. The second kappa shape index (κ2) is 11.8. The first-order valence-electron chi connectivity index (χ1n) is 12.6. The Balaban J connectivity index is 1.17. The minimum absolute atomic E-state index is 0.0193. The maximum atomic E-state index is 12.7. The molecule has 0 fully saturated rings. The van der Waals surface area contributed by atoms with E-state index in [1.54, 1.807) is 24.2 Å². The van der Waals surface area contributed by atoms with Crippen LogP contribution in [0.1, 0.15) is 28.3 Å². The smallest absolute Gasteiger partial charge is 0.407 e. The first-order chi connectivity index (χ1) is 19.0. The number of imidazole rings is 1. The second-order valence-corrected chi connectivity index (χ2v) is 9.25. The molecule has 1 atom stereocenters. The Morgan fingerprint density at radius 3 is 2.31 bits per heavy atom. The molecule has 9 heteroatoms. The molecule has 200 valence electrons. The largest absolute Gasteiger partial charge is 0.497 e. The lowest BCUT2D eigenvalue weighted by molar-refractivity contribution is -0.139. The lowest BCUT2D eigenvalue weighted by atomic mass is 9.98. The summed E-state index contributed by atoms with van der Waals surface area (Å²) in [5.74, 6) is -0.523. The van der Waals surface area contributed by atoms with E-state index in [2.05, 4.69) is 22.4 Å². The summed E-state index contributed by atoms with van der Waals surface area (Å²) in [6.07, 6.45) is 2.36. The van der Waals surface area contributed by atoms with Gasteiger partial charge in [-0.05, 0) is 39.9 Å². The van der Waals surface area contributed by atoms with Crippen molar-refractivity contribution in [2.24, 2.45) is 0 Å². The molecule has 39 heavy (non-hydrogen) atoms. The third-order valence-corrected chi connectivity index (χ3v) is 6.80. The number of carbonyl (C=O) groups is 2. The van der Waals surface area contributed by atoms with Gasteiger partial charge < -0.3 is 29.2 Å². The molecule has 0 aliphatic heterocycles. The Morgan fingerprint density at radius 1 is 1.00 bits per heavy atom. The minimum atomic E-state index is -1.20. The summed E-state index contributed by atoms with van der Waals surface area (Å²) in [7, 11) is 1.61. The quantitative estimate of drug-likeness (QED) is 0.293. The molecule has 9 nitrogen and oxygen atoms in total. The molecular formula is C30H29N3O6. The Bertz CT molecular complexity index is 1400. The maximum absolute atomic E-state index is 12.7. The lowest BCUT2D eigenvalue weighted by Crippen LogP contribution is -2.43. The second-order valence-electron chi connectivity index (χ2n) is 9.25. The van der Waals surface area contributed by atoms with Crippen LogP contribution in [0.3, 0.4) is 0 Å². The molecule has 2 N–H and O–H groups in total. The van der Waals surface area contributed by atoms with Gasteiger partial charge in [0.05, 0.1) is 20.0 Å². The Labute approximate surface area is 226 Å². The molecule has 0 saturated heterocycles. The van der Waals surface area contributed by atoms with Gasteiger partial charge in [-0.15, -0.1) is 0 Å². The van der Waals surface area contributed by atoms with Crippen molar-refractivity contribution < 1.29 is 28.9 Å². The number of carboxylic acids is 1. The van der Waals surface area contributed by atoms with Gasteiger partial charge in [-0.2, -0.15) is 0 Å². The number of fused-ring (bicyclic) bond motifs is 3. The van der Waals surface area contributed by atoms with Crippen LogP contribution in [0.2, 0.25) is 0 Å². The SMILES string of the molecule is COc1ccc(COCn2cncc2CC(NC(=O)OCC2c3ccccc3-c3ccccc32)C(=O)O)cc1. The fraction of sp³-hybridized carbons (Fsp3) is 0.233. The Kier molecular flexibility index (Phi) is 7.88. The number of aromatic nitrogens is 2. The monoisotopic (exact) mass is 527 g/mol. The number of carboxylic acid groups (broad SMARTS) is 1. The molecule has 5 rings (SSSR count). The van der Waals surface area contributed by atoms with E-state index in [9.17, 15) is 14.7 Å². The summed E-state index contributed by atoms with van der Waals surface area (Å²) in [6.45, 7) is 0.643. The molecule has 0 saturated carbocycles. The van der Waals surface area contributed by atoms with E-state index < -0.39 is 18.1 Å². The number of rotatable bonds is 11. The van der Waals surface area contributed by atoms with Crippen molar-refractivity contribution in [1.29, 1.82) is 0 Å². The number of nitrogens with one attached hydrogen (secondary N) is 1. The van der Waals surface area contributed by atoms with E-state index in [4.69, 9.17) is 14.2 Å². The van der Waals surface area contributed by atoms with Crippen molar-refractivity contribution >= 4 is 12.1 Å². The van der Waals surface area contributed by atoms with Crippen molar-refractivity contribution in [3.8, 4) is 16.9 Å². The van der Waals surface area contributed by atoms with Gasteiger partial charge >= 0.3 is 12.1 Å². The van der Waals surface area contributed by atoms with Crippen LogP contribution in [0.25, 0.3) is 11.1 Å². The zero-order chi connectivity index (χ0) is 27.2. The van der Waals surface area contributed by atoms with E-state index in [1.165, 1.54) is 0 Å². The fourth-order valence-electron chi connectivity index (χ4n) is 4.81. The zero-order valence-electron chi connectivity index (χ0n) is 21.4. The molecule has 1 heterocycles. The van der Waals surface area contributed by atoms with Gasteiger partial charge in [-0.25, -0.2) is 14.6 Å². The van der Waals surface area contributed by atoms with Crippen LogP contribution in [0.5, 0.6) is 5.75 Å². The van der Waals surface area contributed by atoms with Crippen LogP contribution in [-0.4, -0.2) is 46.5 Å². The topological polar surface area (TPSA) is 112 Å². The van der Waals surface area contributed by atoms with E-state index in [0.717, 1.165) is 33.6 Å². The maximum Gasteiger partial charge on any atom is 0.407 e. The summed E-state index contributed by atoms with van der Waals surface area (Å²) in [5, 5.41) is 12.3. The number of ether oxygens (including phenoxy) is 3. The van der Waals surface area contributed by atoms with Gasteiger partial charge in [0.2, 0.25) is 0 Å². The molecule has 0 radical (unpaired) electrons. The van der Waals surface area contributed by atoms with Crippen LogP contribution >= 0.6 is 0 Å². The van der Waals surface area contributed by atoms with E-state index in [-0.39, 0.29) is 25.7 Å². The van der Waals surface area contributed by atoms with Crippen molar-refractivity contribution in [2.75, 3.05) is 13.7 Å². The highest BCUT2D eigenvalue weighted by molar-refractivity contribution is 5.81. The average Bonchev–Trinajstić information content (AvgIpc) is 3.53. The summed E-state index contributed by atoms with van der Waals surface area (Å²) in [6, 6.07) is 22.4. The number of benzene rings is 3. The minimum Gasteiger partial charge on any atom is -0.497 e. The molecule has 1 aliphatic rings. The highest BCUT2D eigenvalue weighted by Crippen LogP contribution is 2.44. The fourth-order valence-corrected chi connectivity index (χ4v) is 4.81. The molecule has 1 aliphatic carbocycles. The summed E-state index contributed by atoms with van der Waals surface area (Å²) >= 11 is 0. The van der Waals surface area contributed by atoms with Gasteiger partial charge in [-0.3, -0.25) is 0 Å². The number of carbonyl (C=O) groups excluding carboxylic acids is 1. The van der Waals surface area contributed by atoms with Gasteiger partial charge in [0.15, 0.2) is 0 Å². The number of hydrogen-bond acceptors (Lipinski definition) is 6. The molecule has 1 amide bonds. The lowest BCUT2D eigenvalue weighted by Gasteiger charge is -2.18. The van der Waals surface area contributed by atoms with Crippen LogP contribution in [0, 0.1) is 0 Å².